The van der Waals surface area contributed by atoms with E-state index in [1.54, 1.807) is 11.8 Å². The minimum atomic E-state index is 0.0361. The SMILES string of the molecule is CSc1ccccc1NC(=O)CN1CCC(CO)CC1. The molecule has 0 atom stereocenters. The summed E-state index contributed by atoms with van der Waals surface area (Å²) in [6.07, 6.45) is 3.96. The molecule has 0 unspecified atom stereocenters. The minimum absolute atomic E-state index is 0.0361. The Bertz CT molecular complexity index is 445. The smallest absolute Gasteiger partial charge is 0.238 e. The quantitative estimate of drug-likeness (QED) is 0.816. The zero-order valence-electron chi connectivity index (χ0n) is 11.8. The van der Waals surface area contributed by atoms with E-state index in [9.17, 15) is 4.79 Å². The normalized spacial score (nSPS) is 17.1. The van der Waals surface area contributed by atoms with E-state index in [2.05, 4.69) is 10.2 Å². The lowest BCUT2D eigenvalue weighted by atomic mass is 9.98. The summed E-state index contributed by atoms with van der Waals surface area (Å²) in [5, 5.41) is 12.1. The Morgan fingerprint density at radius 2 is 2.10 bits per heavy atom. The monoisotopic (exact) mass is 294 g/mol. The first kappa shape index (κ1) is 15.4. The molecule has 1 heterocycles. The maximum atomic E-state index is 12.1. The lowest BCUT2D eigenvalue weighted by molar-refractivity contribution is -0.117. The van der Waals surface area contributed by atoms with Gasteiger partial charge < -0.3 is 10.4 Å². The van der Waals surface area contributed by atoms with Crippen LogP contribution in [0.3, 0.4) is 0 Å². The molecule has 0 spiro atoms. The number of anilines is 1. The van der Waals surface area contributed by atoms with Crippen molar-refractivity contribution in [1.29, 1.82) is 0 Å². The molecular formula is C15H22N2O2S. The Balaban J connectivity index is 1.84. The number of hydrogen-bond acceptors (Lipinski definition) is 4. The number of amides is 1. The van der Waals surface area contributed by atoms with E-state index in [4.69, 9.17) is 5.11 Å². The molecule has 2 N–H and O–H groups in total. The summed E-state index contributed by atoms with van der Waals surface area (Å²) in [6, 6.07) is 7.85. The molecule has 4 nitrogen and oxygen atoms in total. The second-order valence-corrected chi connectivity index (χ2v) is 6.00. The van der Waals surface area contributed by atoms with Gasteiger partial charge >= 0.3 is 0 Å². The second-order valence-electron chi connectivity index (χ2n) is 5.15. The molecule has 1 aromatic carbocycles. The van der Waals surface area contributed by atoms with Crippen molar-refractivity contribution in [3.05, 3.63) is 24.3 Å². The number of para-hydroxylation sites is 1. The van der Waals surface area contributed by atoms with E-state index in [1.165, 1.54) is 0 Å². The van der Waals surface area contributed by atoms with E-state index in [-0.39, 0.29) is 12.5 Å². The number of aliphatic hydroxyl groups excluding tert-OH is 1. The predicted molar refractivity (Wildman–Crippen MR) is 83.1 cm³/mol. The zero-order valence-corrected chi connectivity index (χ0v) is 12.7. The third-order valence-electron chi connectivity index (χ3n) is 3.71. The highest BCUT2D eigenvalue weighted by Gasteiger charge is 2.20. The highest BCUT2D eigenvalue weighted by atomic mass is 32.2. The number of nitrogens with zero attached hydrogens (tertiary/aromatic N) is 1. The van der Waals surface area contributed by atoms with Crippen LogP contribution in [-0.4, -0.2) is 48.4 Å². The Morgan fingerprint density at radius 1 is 1.40 bits per heavy atom. The van der Waals surface area contributed by atoms with E-state index < -0.39 is 0 Å². The van der Waals surface area contributed by atoms with Gasteiger partial charge in [-0.25, -0.2) is 0 Å². The summed E-state index contributed by atoms with van der Waals surface area (Å²) in [6.45, 7) is 2.48. The van der Waals surface area contributed by atoms with Gasteiger partial charge in [0.2, 0.25) is 5.91 Å². The van der Waals surface area contributed by atoms with Crippen LogP contribution in [-0.2, 0) is 4.79 Å². The highest BCUT2D eigenvalue weighted by molar-refractivity contribution is 7.98. The number of likely N-dealkylation sites (tertiary alicyclic amines) is 1. The molecule has 1 aliphatic rings. The van der Waals surface area contributed by atoms with Crippen LogP contribution in [0, 0.1) is 5.92 Å². The van der Waals surface area contributed by atoms with Gasteiger partial charge in [-0.1, -0.05) is 12.1 Å². The predicted octanol–water partition coefficient (Wildman–Crippen LogP) is 2.05. The molecule has 1 aliphatic heterocycles. The average Bonchev–Trinajstić information content (AvgIpc) is 2.48. The van der Waals surface area contributed by atoms with Crippen LogP contribution < -0.4 is 5.32 Å². The molecule has 0 radical (unpaired) electrons. The Kier molecular flexibility index (Phi) is 5.88. The van der Waals surface area contributed by atoms with Crippen LogP contribution in [0.4, 0.5) is 5.69 Å². The number of hydrogen-bond donors (Lipinski definition) is 2. The molecule has 1 amide bonds. The maximum absolute atomic E-state index is 12.1. The topological polar surface area (TPSA) is 52.6 Å². The molecule has 1 fully saturated rings. The lowest BCUT2D eigenvalue weighted by Crippen LogP contribution is -2.39. The van der Waals surface area contributed by atoms with Gasteiger partial charge in [0.25, 0.3) is 0 Å². The summed E-state index contributed by atoms with van der Waals surface area (Å²) in [5.74, 6) is 0.445. The first-order chi connectivity index (χ1) is 9.72. The van der Waals surface area contributed by atoms with Crippen LogP contribution >= 0.6 is 11.8 Å². The fraction of sp³-hybridized carbons (Fsp3) is 0.533. The van der Waals surface area contributed by atoms with Crippen LogP contribution in [0.15, 0.2) is 29.2 Å². The van der Waals surface area contributed by atoms with Gasteiger partial charge in [-0.15, -0.1) is 11.8 Å². The summed E-state index contributed by atoms with van der Waals surface area (Å²) >= 11 is 1.63. The van der Waals surface area contributed by atoms with Crippen LogP contribution in [0.2, 0.25) is 0 Å². The van der Waals surface area contributed by atoms with Crippen molar-refractivity contribution < 1.29 is 9.90 Å². The highest BCUT2D eigenvalue weighted by Crippen LogP contribution is 2.24. The van der Waals surface area contributed by atoms with Crippen LogP contribution in [0.5, 0.6) is 0 Å². The number of benzene rings is 1. The second kappa shape index (κ2) is 7.67. The Hall–Kier alpha value is -1.04. The Morgan fingerprint density at radius 3 is 2.75 bits per heavy atom. The first-order valence-corrected chi connectivity index (χ1v) is 8.21. The molecule has 0 aliphatic carbocycles. The first-order valence-electron chi connectivity index (χ1n) is 6.99. The van der Waals surface area contributed by atoms with Crippen molar-refractivity contribution in [2.24, 2.45) is 5.92 Å². The molecule has 1 aromatic rings. The molecule has 110 valence electrons. The van der Waals surface area contributed by atoms with E-state index >= 15 is 0 Å². The molecule has 2 rings (SSSR count). The maximum Gasteiger partial charge on any atom is 0.238 e. The van der Waals surface area contributed by atoms with Crippen molar-refractivity contribution in [2.75, 3.05) is 37.8 Å². The third kappa shape index (κ3) is 4.23. The molecule has 0 aromatic heterocycles. The van der Waals surface area contributed by atoms with Gasteiger partial charge in [-0.2, -0.15) is 0 Å². The van der Waals surface area contributed by atoms with E-state index in [0.717, 1.165) is 36.5 Å². The van der Waals surface area contributed by atoms with Crippen molar-refractivity contribution in [2.45, 2.75) is 17.7 Å². The Labute approximate surface area is 124 Å². The molecular weight excluding hydrogens is 272 g/mol. The number of carbonyl (C=O) groups is 1. The number of carbonyl (C=O) groups excluding carboxylic acids is 1. The van der Waals surface area contributed by atoms with Crippen molar-refractivity contribution >= 4 is 23.4 Å². The fourth-order valence-corrected chi connectivity index (χ4v) is 3.02. The van der Waals surface area contributed by atoms with Gasteiger partial charge in [0, 0.05) is 11.5 Å². The lowest BCUT2D eigenvalue weighted by Gasteiger charge is -2.30. The van der Waals surface area contributed by atoms with Gasteiger partial charge in [0.1, 0.15) is 0 Å². The van der Waals surface area contributed by atoms with Crippen LogP contribution in [0.1, 0.15) is 12.8 Å². The number of thioether (sulfide) groups is 1. The summed E-state index contributed by atoms with van der Waals surface area (Å²) in [4.78, 5) is 15.3. The molecule has 5 heteroatoms. The van der Waals surface area contributed by atoms with Gasteiger partial charge in [0.05, 0.1) is 12.2 Å². The van der Waals surface area contributed by atoms with Crippen LogP contribution in [0.25, 0.3) is 0 Å². The number of rotatable bonds is 5. The molecule has 0 saturated carbocycles. The summed E-state index contributed by atoms with van der Waals surface area (Å²) < 4.78 is 0. The minimum Gasteiger partial charge on any atom is -0.396 e. The molecule has 1 saturated heterocycles. The summed E-state index contributed by atoms with van der Waals surface area (Å²) in [5.41, 5.74) is 0.884. The molecule has 20 heavy (non-hydrogen) atoms. The fourth-order valence-electron chi connectivity index (χ4n) is 2.47. The van der Waals surface area contributed by atoms with Crippen molar-refractivity contribution in [3.63, 3.8) is 0 Å². The van der Waals surface area contributed by atoms with Gasteiger partial charge in [-0.3, -0.25) is 9.69 Å². The third-order valence-corrected chi connectivity index (χ3v) is 4.51. The van der Waals surface area contributed by atoms with Gasteiger partial charge in [-0.05, 0) is 50.2 Å². The number of nitrogens with one attached hydrogen (secondary N) is 1. The van der Waals surface area contributed by atoms with E-state index in [1.807, 2.05) is 30.5 Å². The standard InChI is InChI=1S/C15H22N2O2S/c1-20-14-5-3-2-4-13(14)16-15(19)10-17-8-6-12(11-18)7-9-17/h2-5,12,18H,6-11H2,1H3,(H,16,19). The van der Waals surface area contributed by atoms with E-state index in [0.29, 0.717) is 12.5 Å². The largest absolute Gasteiger partial charge is 0.396 e. The molecule has 0 bridgehead atoms. The van der Waals surface area contributed by atoms with Crippen molar-refractivity contribution in [1.82, 2.24) is 4.90 Å². The van der Waals surface area contributed by atoms with Gasteiger partial charge in [0.15, 0.2) is 0 Å². The van der Waals surface area contributed by atoms with Crippen molar-refractivity contribution in [3.8, 4) is 0 Å². The average molecular weight is 294 g/mol. The number of piperidine rings is 1. The summed E-state index contributed by atoms with van der Waals surface area (Å²) in [7, 11) is 0. The zero-order chi connectivity index (χ0) is 14.4. The number of aliphatic hydroxyl groups is 1.